The van der Waals surface area contributed by atoms with Crippen LogP contribution in [0.2, 0.25) is 0 Å². The maximum atomic E-state index is 4.90. The number of likely N-dealkylation sites (N-methyl/N-ethyl adjacent to an activating group) is 1. The number of aryl methyl sites for hydroxylation is 1. The van der Waals surface area contributed by atoms with Crippen molar-refractivity contribution in [2.75, 3.05) is 38.1 Å². The third-order valence-corrected chi connectivity index (χ3v) is 6.50. The predicted octanol–water partition coefficient (Wildman–Crippen LogP) is 3.76. The van der Waals surface area contributed by atoms with E-state index in [1.165, 1.54) is 11.3 Å². The van der Waals surface area contributed by atoms with Gasteiger partial charge in [0.2, 0.25) is 0 Å². The summed E-state index contributed by atoms with van der Waals surface area (Å²) in [5.74, 6) is 1.37. The highest BCUT2D eigenvalue weighted by Crippen LogP contribution is 2.30. The normalized spacial score (nSPS) is 15.1. The van der Waals surface area contributed by atoms with Crippen LogP contribution in [0.4, 0.5) is 5.69 Å². The molecule has 0 bridgehead atoms. The van der Waals surface area contributed by atoms with Crippen LogP contribution in [0.5, 0.6) is 0 Å². The number of benzene rings is 1. The van der Waals surface area contributed by atoms with E-state index in [-0.39, 0.29) is 0 Å². The molecule has 0 unspecified atom stereocenters. The molecule has 0 saturated carbocycles. The summed E-state index contributed by atoms with van der Waals surface area (Å²) in [5, 5.41) is 9.44. The standard InChI is InChI=1S/C25H32N8/c1-18(2)8-9-32-17-20(14-27-32)23-15-26-16-24-28-25(29-33(23)24)21-6-5-7-22(19(21)3)31-12-10-30(4)11-13-31/h5-7,14-18H,8-13H2,1-4H3. The summed E-state index contributed by atoms with van der Waals surface area (Å²) in [4.78, 5) is 14.1. The molecule has 0 amide bonds. The fourth-order valence-electron chi connectivity index (χ4n) is 4.39. The minimum absolute atomic E-state index is 0.644. The zero-order chi connectivity index (χ0) is 22.9. The molecule has 172 valence electrons. The van der Waals surface area contributed by atoms with Crippen LogP contribution >= 0.6 is 0 Å². The maximum absolute atomic E-state index is 4.90. The number of anilines is 1. The molecular weight excluding hydrogens is 412 g/mol. The number of piperazine rings is 1. The van der Waals surface area contributed by atoms with Crippen molar-refractivity contribution < 1.29 is 0 Å². The topological polar surface area (TPSA) is 67.4 Å². The molecule has 1 aliphatic rings. The van der Waals surface area contributed by atoms with Crippen molar-refractivity contribution in [2.45, 2.75) is 33.7 Å². The van der Waals surface area contributed by atoms with Crippen LogP contribution in [0.3, 0.4) is 0 Å². The third kappa shape index (κ3) is 4.35. The molecule has 3 aromatic heterocycles. The van der Waals surface area contributed by atoms with E-state index in [9.17, 15) is 0 Å². The quantitative estimate of drug-likeness (QED) is 0.451. The van der Waals surface area contributed by atoms with Crippen molar-refractivity contribution >= 4 is 11.3 Å². The van der Waals surface area contributed by atoms with Gasteiger partial charge >= 0.3 is 0 Å². The Hall–Kier alpha value is -3.26. The molecule has 0 spiro atoms. The van der Waals surface area contributed by atoms with Gasteiger partial charge in [-0.05, 0) is 37.9 Å². The highest BCUT2D eigenvalue weighted by Gasteiger charge is 2.19. The Morgan fingerprint density at radius 1 is 1.03 bits per heavy atom. The maximum Gasteiger partial charge on any atom is 0.182 e. The van der Waals surface area contributed by atoms with Gasteiger partial charge in [0.1, 0.15) is 0 Å². The fraction of sp³-hybridized carbons (Fsp3) is 0.440. The van der Waals surface area contributed by atoms with Crippen LogP contribution in [0.15, 0.2) is 43.0 Å². The smallest absolute Gasteiger partial charge is 0.182 e. The lowest BCUT2D eigenvalue weighted by atomic mass is 10.0. The van der Waals surface area contributed by atoms with Crippen LogP contribution in [0, 0.1) is 12.8 Å². The Morgan fingerprint density at radius 2 is 1.85 bits per heavy atom. The van der Waals surface area contributed by atoms with E-state index >= 15 is 0 Å². The lowest BCUT2D eigenvalue weighted by molar-refractivity contribution is 0.312. The van der Waals surface area contributed by atoms with Gasteiger partial charge in [-0.1, -0.05) is 26.0 Å². The van der Waals surface area contributed by atoms with Crippen LogP contribution < -0.4 is 4.90 Å². The Morgan fingerprint density at radius 3 is 2.64 bits per heavy atom. The molecule has 0 aliphatic carbocycles. The number of nitrogens with zero attached hydrogens (tertiary/aromatic N) is 8. The fourth-order valence-corrected chi connectivity index (χ4v) is 4.39. The molecule has 1 aromatic carbocycles. The largest absolute Gasteiger partial charge is 0.369 e. The van der Waals surface area contributed by atoms with Crippen molar-refractivity contribution in [3.63, 3.8) is 0 Å². The zero-order valence-corrected chi connectivity index (χ0v) is 19.9. The Labute approximate surface area is 194 Å². The Balaban J connectivity index is 1.48. The molecule has 0 atom stereocenters. The third-order valence-electron chi connectivity index (χ3n) is 6.50. The lowest BCUT2D eigenvalue weighted by Gasteiger charge is -2.35. The van der Waals surface area contributed by atoms with E-state index in [4.69, 9.17) is 10.1 Å². The van der Waals surface area contributed by atoms with Crippen molar-refractivity contribution in [2.24, 2.45) is 5.92 Å². The van der Waals surface area contributed by atoms with Crippen LogP contribution in [0.25, 0.3) is 28.3 Å². The highest BCUT2D eigenvalue weighted by molar-refractivity contribution is 5.72. The van der Waals surface area contributed by atoms with Gasteiger partial charge in [0.05, 0.1) is 24.3 Å². The van der Waals surface area contributed by atoms with E-state index in [0.717, 1.165) is 67.4 Å². The lowest BCUT2D eigenvalue weighted by Crippen LogP contribution is -2.44. The van der Waals surface area contributed by atoms with Crippen LogP contribution in [0.1, 0.15) is 25.8 Å². The molecule has 8 heteroatoms. The first-order valence-corrected chi connectivity index (χ1v) is 11.8. The SMILES string of the molecule is Cc1c(-c2nc3cncc(-c4cnn(CCC(C)C)c4)n3n2)cccc1N1CCN(C)CC1. The van der Waals surface area contributed by atoms with E-state index in [1.54, 1.807) is 6.20 Å². The molecule has 8 nitrogen and oxygen atoms in total. The first kappa shape index (κ1) is 21.6. The highest BCUT2D eigenvalue weighted by atomic mass is 15.3. The van der Waals surface area contributed by atoms with Crippen molar-refractivity contribution in [3.8, 4) is 22.6 Å². The first-order chi connectivity index (χ1) is 16.0. The molecule has 33 heavy (non-hydrogen) atoms. The molecule has 4 aromatic rings. The molecule has 1 aliphatic heterocycles. The van der Waals surface area contributed by atoms with Crippen LogP contribution in [-0.2, 0) is 6.54 Å². The second-order valence-electron chi connectivity index (χ2n) is 9.41. The molecule has 0 radical (unpaired) electrons. The van der Waals surface area contributed by atoms with Gasteiger partial charge in [-0.25, -0.2) is 9.50 Å². The minimum atomic E-state index is 0.644. The average molecular weight is 445 g/mol. The van der Waals surface area contributed by atoms with Crippen molar-refractivity contribution in [1.82, 2.24) is 34.3 Å². The predicted molar refractivity (Wildman–Crippen MR) is 131 cm³/mol. The van der Waals surface area contributed by atoms with E-state index in [0.29, 0.717) is 5.92 Å². The summed E-state index contributed by atoms with van der Waals surface area (Å²) in [6.45, 7) is 11.8. The summed E-state index contributed by atoms with van der Waals surface area (Å²) in [5.41, 5.74) is 6.18. The monoisotopic (exact) mass is 444 g/mol. The number of hydrogen-bond acceptors (Lipinski definition) is 6. The molecular formula is C25H32N8. The van der Waals surface area contributed by atoms with E-state index in [1.807, 2.05) is 21.6 Å². The molecule has 1 fully saturated rings. The second-order valence-corrected chi connectivity index (χ2v) is 9.41. The van der Waals surface area contributed by atoms with Crippen LogP contribution in [-0.4, -0.2) is 67.5 Å². The van der Waals surface area contributed by atoms with E-state index < -0.39 is 0 Å². The summed E-state index contributed by atoms with van der Waals surface area (Å²) in [7, 11) is 2.18. The number of hydrogen-bond donors (Lipinski definition) is 0. The molecule has 1 saturated heterocycles. The summed E-state index contributed by atoms with van der Waals surface area (Å²) in [6.07, 6.45) is 8.66. The number of rotatable bonds is 6. The number of fused-ring (bicyclic) bond motifs is 1. The van der Waals surface area contributed by atoms with Gasteiger partial charge in [0, 0.05) is 55.7 Å². The van der Waals surface area contributed by atoms with E-state index in [2.05, 4.69) is 72.1 Å². The Bertz CT molecular complexity index is 1250. The van der Waals surface area contributed by atoms with Crippen molar-refractivity contribution in [1.29, 1.82) is 0 Å². The molecule has 0 N–H and O–H groups in total. The molecule has 4 heterocycles. The average Bonchev–Trinajstić information content (AvgIpc) is 3.45. The minimum Gasteiger partial charge on any atom is -0.369 e. The summed E-state index contributed by atoms with van der Waals surface area (Å²) < 4.78 is 3.88. The molecule has 5 rings (SSSR count). The van der Waals surface area contributed by atoms with Gasteiger partial charge in [-0.3, -0.25) is 9.67 Å². The first-order valence-electron chi connectivity index (χ1n) is 11.8. The van der Waals surface area contributed by atoms with Gasteiger partial charge < -0.3 is 9.80 Å². The second kappa shape index (κ2) is 8.94. The summed E-state index contributed by atoms with van der Waals surface area (Å²) >= 11 is 0. The van der Waals surface area contributed by atoms with Gasteiger partial charge in [-0.15, -0.1) is 5.10 Å². The zero-order valence-electron chi connectivity index (χ0n) is 19.9. The summed E-state index contributed by atoms with van der Waals surface area (Å²) in [6, 6.07) is 6.43. The van der Waals surface area contributed by atoms with Crippen molar-refractivity contribution in [3.05, 3.63) is 48.5 Å². The Kier molecular flexibility index (Phi) is 5.85. The van der Waals surface area contributed by atoms with Gasteiger partial charge in [0.15, 0.2) is 11.5 Å². The van der Waals surface area contributed by atoms with Gasteiger partial charge in [-0.2, -0.15) is 5.10 Å². The van der Waals surface area contributed by atoms with Gasteiger partial charge in [0.25, 0.3) is 0 Å². The number of aromatic nitrogens is 6.